The first kappa shape index (κ1) is 12.2. The number of fused-ring (bicyclic) bond motifs is 3. The largest absolute Gasteiger partial charge is 0.469 e. The van der Waals surface area contributed by atoms with E-state index in [1.165, 1.54) is 41.9 Å². The molecule has 0 amide bonds. The van der Waals surface area contributed by atoms with Gasteiger partial charge in [0.15, 0.2) is 0 Å². The van der Waals surface area contributed by atoms with Crippen molar-refractivity contribution in [2.24, 2.45) is 5.92 Å². The summed E-state index contributed by atoms with van der Waals surface area (Å²) in [6.07, 6.45) is 5.57. The summed E-state index contributed by atoms with van der Waals surface area (Å²) in [5.41, 5.74) is 2.54. The molecule has 0 N–H and O–H groups in total. The van der Waals surface area contributed by atoms with Crippen LogP contribution in [0.1, 0.15) is 18.4 Å². The maximum atomic E-state index is 6.39. The maximum absolute atomic E-state index is 6.39. The SMILES string of the molecule is c1csc(-c2cnc3c(c2)CC2(CN4CCC2CC4)O3)c1. The molecule has 4 heteroatoms. The van der Waals surface area contributed by atoms with Gasteiger partial charge in [-0.15, -0.1) is 11.3 Å². The number of nitrogens with zero attached hydrogens (tertiary/aromatic N) is 2. The molecule has 6 rings (SSSR count). The smallest absolute Gasteiger partial charge is 0.217 e. The van der Waals surface area contributed by atoms with Gasteiger partial charge in [0.1, 0.15) is 5.60 Å². The molecule has 1 unspecified atom stereocenters. The number of aromatic nitrogens is 1. The van der Waals surface area contributed by atoms with Crippen molar-refractivity contribution in [1.29, 1.82) is 0 Å². The first-order chi connectivity index (χ1) is 10.3. The zero-order valence-electron chi connectivity index (χ0n) is 11.9. The average Bonchev–Trinajstić information content (AvgIpc) is 3.14. The van der Waals surface area contributed by atoms with Crippen LogP contribution < -0.4 is 4.74 Å². The van der Waals surface area contributed by atoms with E-state index >= 15 is 0 Å². The quantitative estimate of drug-likeness (QED) is 0.808. The summed E-state index contributed by atoms with van der Waals surface area (Å²) in [6.45, 7) is 3.59. The summed E-state index contributed by atoms with van der Waals surface area (Å²) in [5.74, 6) is 1.59. The summed E-state index contributed by atoms with van der Waals surface area (Å²) >= 11 is 1.77. The Bertz CT molecular complexity index is 676. The van der Waals surface area contributed by atoms with Crippen LogP contribution in [-0.2, 0) is 6.42 Å². The number of rotatable bonds is 1. The summed E-state index contributed by atoms with van der Waals surface area (Å²) in [6, 6.07) is 6.55. The molecule has 0 aliphatic carbocycles. The van der Waals surface area contributed by atoms with Crippen molar-refractivity contribution in [2.75, 3.05) is 19.6 Å². The van der Waals surface area contributed by atoms with E-state index in [4.69, 9.17) is 4.74 Å². The van der Waals surface area contributed by atoms with Crippen molar-refractivity contribution in [3.63, 3.8) is 0 Å². The van der Waals surface area contributed by atoms with Crippen LogP contribution in [0.15, 0.2) is 29.8 Å². The molecule has 1 atom stereocenters. The normalized spacial score (nSPS) is 33.1. The first-order valence-electron chi connectivity index (χ1n) is 7.77. The topological polar surface area (TPSA) is 25.4 Å². The number of hydrogen-bond acceptors (Lipinski definition) is 4. The molecule has 108 valence electrons. The van der Waals surface area contributed by atoms with Gasteiger partial charge in [0.25, 0.3) is 0 Å². The first-order valence-corrected chi connectivity index (χ1v) is 8.65. The lowest BCUT2D eigenvalue weighted by molar-refractivity contribution is -0.0814. The van der Waals surface area contributed by atoms with E-state index in [1.54, 1.807) is 11.3 Å². The van der Waals surface area contributed by atoms with Gasteiger partial charge in [-0.25, -0.2) is 4.98 Å². The lowest BCUT2D eigenvalue weighted by Crippen LogP contribution is -2.61. The van der Waals surface area contributed by atoms with Crippen LogP contribution in [0.3, 0.4) is 0 Å². The molecule has 3 nitrogen and oxygen atoms in total. The second kappa shape index (κ2) is 4.31. The number of piperidine rings is 3. The summed E-state index contributed by atoms with van der Waals surface area (Å²) in [4.78, 5) is 8.47. The molecule has 2 aromatic rings. The predicted molar refractivity (Wildman–Crippen MR) is 83.8 cm³/mol. The van der Waals surface area contributed by atoms with Crippen LogP contribution in [0.4, 0.5) is 0 Å². The van der Waals surface area contributed by atoms with Crippen molar-refractivity contribution in [3.05, 3.63) is 35.3 Å². The molecular weight excluding hydrogens is 280 g/mol. The van der Waals surface area contributed by atoms with Gasteiger partial charge in [-0.2, -0.15) is 0 Å². The molecule has 0 saturated carbocycles. The Morgan fingerprint density at radius 3 is 2.95 bits per heavy atom. The molecular formula is C17H18N2OS. The third-order valence-corrected chi connectivity index (χ3v) is 6.26. The summed E-state index contributed by atoms with van der Waals surface area (Å²) < 4.78 is 6.39. The molecule has 3 fully saturated rings. The van der Waals surface area contributed by atoms with Crippen LogP contribution in [0.2, 0.25) is 0 Å². The molecule has 21 heavy (non-hydrogen) atoms. The lowest BCUT2D eigenvalue weighted by atomic mass is 9.73. The fraction of sp³-hybridized carbons (Fsp3) is 0.471. The summed E-state index contributed by atoms with van der Waals surface area (Å²) in [5, 5.41) is 2.12. The fourth-order valence-corrected chi connectivity index (χ4v) is 4.99. The number of hydrogen-bond donors (Lipinski definition) is 0. The highest BCUT2D eigenvalue weighted by Gasteiger charge is 2.52. The Morgan fingerprint density at radius 2 is 2.24 bits per heavy atom. The number of thiophene rings is 1. The van der Waals surface area contributed by atoms with E-state index in [0.717, 1.165) is 18.8 Å². The van der Waals surface area contributed by atoms with Crippen LogP contribution >= 0.6 is 11.3 Å². The zero-order valence-corrected chi connectivity index (χ0v) is 12.7. The number of ether oxygens (including phenoxy) is 1. The minimum Gasteiger partial charge on any atom is -0.469 e. The Morgan fingerprint density at radius 1 is 1.33 bits per heavy atom. The Kier molecular flexibility index (Phi) is 2.50. The fourth-order valence-electron chi connectivity index (χ4n) is 4.29. The second-order valence-corrected chi connectivity index (χ2v) is 7.51. The third kappa shape index (κ3) is 1.79. The molecule has 0 aromatic carbocycles. The number of pyridine rings is 1. The summed E-state index contributed by atoms with van der Waals surface area (Å²) in [7, 11) is 0. The van der Waals surface area contributed by atoms with E-state index < -0.39 is 0 Å². The van der Waals surface area contributed by atoms with Gasteiger partial charge >= 0.3 is 0 Å². The standard InChI is InChI=1S/C17H18N2OS/c1-2-15(21-7-1)13-8-12-9-17(20-16(12)18-10-13)11-19-5-3-14(17)4-6-19/h1-2,7-8,10,14H,3-6,9,11H2. The highest BCUT2D eigenvalue weighted by Crippen LogP contribution is 2.46. The van der Waals surface area contributed by atoms with E-state index in [-0.39, 0.29) is 5.60 Å². The van der Waals surface area contributed by atoms with E-state index in [2.05, 4.69) is 33.5 Å². The lowest BCUT2D eigenvalue weighted by Gasteiger charge is -2.50. The van der Waals surface area contributed by atoms with Crippen molar-refractivity contribution in [1.82, 2.24) is 9.88 Å². The van der Waals surface area contributed by atoms with Gasteiger partial charge in [0.05, 0.1) is 0 Å². The average molecular weight is 298 g/mol. The van der Waals surface area contributed by atoms with Gasteiger partial charge in [-0.05, 0) is 43.4 Å². The molecule has 6 heterocycles. The minimum atomic E-state index is 0.0138. The van der Waals surface area contributed by atoms with Crippen LogP contribution in [0, 0.1) is 5.92 Å². The minimum absolute atomic E-state index is 0.0138. The molecule has 2 bridgehead atoms. The highest BCUT2D eigenvalue weighted by atomic mass is 32.1. The monoisotopic (exact) mass is 298 g/mol. The van der Waals surface area contributed by atoms with Gasteiger partial charge in [-0.3, -0.25) is 4.90 Å². The predicted octanol–water partition coefficient (Wildman–Crippen LogP) is 3.21. The molecule has 3 saturated heterocycles. The molecule has 4 aliphatic heterocycles. The van der Waals surface area contributed by atoms with Crippen LogP contribution in [0.25, 0.3) is 10.4 Å². The molecule has 2 aromatic heterocycles. The Hall–Kier alpha value is -1.39. The Balaban J connectivity index is 1.51. The van der Waals surface area contributed by atoms with Crippen LogP contribution in [-0.4, -0.2) is 35.1 Å². The van der Waals surface area contributed by atoms with Gasteiger partial charge in [0, 0.05) is 41.1 Å². The van der Waals surface area contributed by atoms with Crippen molar-refractivity contribution >= 4 is 11.3 Å². The third-order valence-electron chi connectivity index (χ3n) is 5.34. The van der Waals surface area contributed by atoms with Crippen molar-refractivity contribution in [2.45, 2.75) is 24.9 Å². The van der Waals surface area contributed by atoms with Crippen LogP contribution in [0.5, 0.6) is 5.88 Å². The van der Waals surface area contributed by atoms with Gasteiger partial charge in [-0.1, -0.05) is 6.07 Å². The van der Waals surface area contributed by atoms with Gasteiger partial charge in [0.2, 0.25) is 5.88 Å². The van der Waals surface area contributed by atoms with E-state index in [0.29, 0.717) is 5.92 Å². The molecule has 0 radical (unpaired) electrons. The van der Waals surface area contributed by atoms with E-state index in [9.17, 15) is 0 Å². The maximum Gasteiger partial charge on any atom is 0.217 e. The van der Waals surface area contributed by atoms with Crippen molar-refractivity contribution in [3.8, 4) is 16.3 Å². The molecule has 4 aliphatic rings. The molecule has 1 spiro atoms. The zero-order chi connectivity index (χ0) is 13.9. The highest BCUT2D eigenvalue weighted by molar-refractivity contribution is 7.13. The second-order valence-electron chi connectivity index (χ2n) is 6.56. The Labute approximate surface area is 128 Å². The van der Waals surface area contributed by atoms with Crippen molar-refractivity contribution < 1.29 is 4.74 Å². The van der Waals surface area contributed by atoms with E-state index in [1.807, 2.05) is 6.20 Å². The van der Waals surface area contributed by atoms with Gasteiger partial charge < -0.3 is 4.74 Å².